The van der Waals surface area contributed by atoms with E-state index in [9.17, 15) is 9.90 Å². The molecule has 5 rings (SSSR count). The number of carboxylic acids is 1. The zero-order valence-corrected chi connectivity index (χ0v) is 23.3. The first-order chi connectivity index (χ1) is 19.5. The summed E-state index contributed by atoms with van der Waals surface area (Å²) in [6.45, 7) is 6.48. The van der Waals surface area contributed by atoms with Crippen LogP contribution in [-0.4, -0.2) is 75.0 Å². The molecular weight excluding hydrogens is 502 g/mol. The summed E-state index contributed by atoms with van der Waals surface area (Å²) in [4.78, 5) is 20.6. The third-order valence-corrected chi connectivity index (χ3v) is 7.75. The van der Waals surface area contributed by atoms with Crippen LogP contribution in [0.1, 0.15) is 43.4 Å². The summed E-state index contributed by atoms with van der Waals surface area (Å²) in [5.41, 5.74) is 7.26. The molecular formula is C32H39N5O3. The van der Waals surface area contributed by atoms with Gasteiger partial charge in [0.15, 0.2) is 5.65 Å². The fraction of sp³-hybridized carbons (Fsp3) is 0.406. The van der Waals surface area contributed by atoms with Gasteiger partial charge in [0.2, 0.25) is 0 Å². The van der Waals surface area contributed by atoms with E-state index in [2.05, 4.69) is 59.2 Å². The van der Waals surface area contributed by atoms with Crippen LogP contribution in [-0.2, 0) is 11.2 Å². The maximum absolute atomic E-state index is 10.7. The SMILES string of the molecule is Cc1nn2c(N3CCN(CCO)CC3)cc(-c3ccccc3)nc2c1-c1cccc(CCCCCCC(=O)O)c1. The van der Waals surface area contributed by atoms with Gasteiger partial charge in [-0.2, -0.15) is 9.61 Å². The van der Waals surface area contributed by atoms with Crippen LogP contribution in [0.3, 0.4) is 0 Å². The maximum Gasteiger partial charge on any atom is 0.303 e. The third-order valence-electron chi connectivity index (χ3n) is 7.75. The minimum absolute atomic E-state index is 0.184. The number of hydrogen-bond acceptors (Lipinski definition) is 6. The smallest absolute Gasteiger partial charge is 0.303 e. The Morgan fingerprint density at radius 2 is 1.65 bits per heavy atom. The summed E-state index contributed by atoms with van der Waals surface area (Å²) in [5.74, 6) is 0.326. The minimum Gasteiger partial charge on any atom is -0.481 e. The summed E-state index contributed by atoms with van der Waals surface area (Å²) >= 11 is 0. The summed E-state index contributed by atoms with van der Waals surface area (Å²) in [6, 6.07) is 21.1. The van der Waals surface area contributed by atoms with Crippen LogP contribution in [0.2, 0.25) is 0 Å². The Morgan fingerprint density at radius 1 is 0.900 bits per heavy atom. The molecule has 8 heteroatoms. The van der Waals surface area contributed by atoms with Crippen LogP contribution in [0.25, 0.3) is 28.0 Å². The van der Waals surface area contributed by atoms with E-state index in [1.807, 2.05) is 22.7 Å². The molecule has 1 aliphatic heterocycles. The number of hydrogen-bond donors (Lipinski definition) is 2. The predicted octanol–water partition coefficient (Wildman–Crippen LogP) is 5.06. The van der Waals surface area contributed by atoms with Crippen LogP contribution in [0.4, 0.5) is 5.82 Å². The molecule has 0 atom stereocenters. The second kappa shape index (κ2) is 13.1. The van der Waals surface area contributed by atoms with Crippen molar-refractivity contribution in [2.45, 2.75) is 45.4 Å². The zero-order valence-electron chi connectivity index (χ0n) is 23.3. The Morgan fingerprint density at radius 3 is 2.40 bits per heavy atom. The van der Waals surface area contributed by atoms with Gasteiger partial charge in [-0.1, -0.05) is 67.4 Å². The molecule has 0 unspecified atom stereocenters. The summed E-state index contributed by atoms with van der Waals surface area (Å²) in [6.07, 6.45) is 4.98. The van der Waals surface area contributed by atoms with Crippen molar-refractivity contribution in [3.63, 3.8) is 0 Å². The van der Waals surface area contributed by atoms with Gasteiger partial charge in [-0.25, -0.2) is 4.98 Å². The van der Waals surface area contributed by atoms with Crippen molar-refractivity contribution < 1.29 is 15.0 Å². The summed E-state index contributed by atoms with van der Waals surface area (Å²) in [5, 5.41) is 23.2. The van der Waals surface area contributed by atoms with Gasteiger partial charge in [0.25, 0.3) is 0 Å². The van der Waals surface area contributed by atoms with Gasteiger partial charge in [-0.05, 0) is 37.3 Å². The number of piperazine rings is 1. The molecule has 0 spiro atoms. The molecule has 2 aromatic heterocycles. The molecule has 1 fully saturated rings. The highest BCUT2D eigenvalue weighted by atomic mass is 16.4. The third kappa shape index (κ3) is 6.51. The average molecular weight is 542 g/mol. The van der Waals surface area contributed by atoms with Gasteiger partial charge in [0.1, 0.15) is 5.82 Å². The van der Waals surface area contributed by atoms with Crippen molar-refractivity contribution in [3.8, 4) is 22.4 Å². The average Bonchev–Trinajstić information content (AvgIpc) is 3.31. The molecule has 4 aromatic rings. The quantitative estimate of drug-likeness (QED) is 0.242. The topological polar surface area (TPSA) is 94.2 Å². The molecule has 2 aromatic carbocycles. The minimum atomic E-state index is -0.715. The highest BCUT2D eigenvalue weighted by Crippen LogP contribution is 2.33. The van der Waals surface area contributed by atoms with Crippen molar-refractivity contribution in [1.29, 1.82) is 0 Å². The highest BCUT2D eigenvalue weighted by molar-refractivity contribution is 5.83. The highest BCUT2D eigenvalue weighted by Gasteiger charge is 2.23. The van der Waals surface area contributed by atoms with Crippen LogP contribution < -0.4 is 4.90 Å². The number of aliphatic hydroxyl groups excluding tert-OH is 1. The monoisotopic (exact) mass is 541 g/mol. The van der Waals surface area contributed by atoms with E-state index in [1.165, 1.54) is 5.56 Å². The number of aromatic nitrogens is 3. The second-order valence-corrected chi connectivity index (χ2v) is 10.6. The lowest BCUT2D eigenvalue weighted by Gasteiger charge is -2.35. The molecule has 0 bridgehead atoms. The number of β-amino-alcohol motifs (C(OH)–C–C–N with tert-alkyl or cyclic N) is 1. The number of anilines is 1. The van der Waals surface area contributed by atoms with Gasteiger partial charge < -0.3 is 15.1 Å². The van der Waals surface area contributed by atoms with Crippen molar-refractivity contribution >= 4 is 17.4 Å². The number of nitrogens with zero attached hydrogens (tertiary/aromatic N) is 5. The first-order valence-electron chi connectivity index (χ1n) is 14.4. The lowest BCUT2D eigenvalue weighted by atomic mass is 9.99. The number of carboxylic acid groups (broad SMARTS) is 1. The summed E-state index contributed by atoms with van der Waals surface area (Å²) in [7, 11) is 0. The molecule has 0 radical (unpaired) electrons. The van der Waals surface area contributed by atoms with Crippen LogP contribution in [0.15, 0.2) is 60.7 Å². The normalized spacial score (nSPS) is 14.2. The molecule has 1 saturated heterocycles. The Hall–Kier alpha value is -3.75. The van der Waals surface area contributed by atoms with Crippen LogP contribution in [0.5, 0.6) is 0 Å². The number of carbonyl (C=O) groups is 1. The molecule has 40 heavy (non-hydrogen) atoms. The van der Waals surface area contributed by atoms with E-state index in [1.54, 1.807) is 0 Å². The number of aryl methyl sites for hydroxylation is 2. The molecule has 8 nitrogen and oxygen atoms in total. The molecule has 0 saturated carbocycles. The number of benzene rings is 2. The Labute approximate surface area is 235 Å². The maximum atomic E-state index is 10.7. The van der Waals surface area contributed by atoms with Crippen LogP contribution >= 0.6 is 0 Å². The standard InChI is InChI=1S/C32H39N5O3/c1-24-31(27-14-9-11-25(22-27)10-5-2-3-8-15-30(39)40)32-33-28(26-12-6-4-7-13-26)23-29(37(32)34-24)36-18-16-35(17-19-36)20-21-38/h4,6-7,9,11-14,22-23,38H,2-3,5,8,10,15-21H2,1H3,(H,39,40). The van der Waals surface area contributed by atoms with Gasteiger partial charge in [-0.3, -0.25) is 9.69 Å². The lowest BCUT2D eigenvalue weighted by molar-refractivity contribution is -0.137. The zero-order chi connectivity index (χ0) is 27.9. The predicted molar refractivity (Wildman–Crippen MR) is 159 cm³/mol. The second-order valence-electron chi connectivity index (χ2n) is 10.6. The van der Waals surface area contributed by atoms with E-state index in [4.69, 9.17) is 15.2 Å². The van der Waals surface area contributed by atoms with E-state index < -0.39 is 5.97 Å². The number of aliphatic carboxylic acids is 1. The van der Waals surface area contributed by atoms with E-state index in [-0.39, 0.29) is 13.0 Å². The molecule has 210 valence electrons. The van der Waals surface area contributed by atoms with Gasteiger partial charge in [0.05, 0.1) is 18.0 Å². The Kier molecular flexibility index (Phi) is 9.08. The molecule has 0 aliphatic carbocycles. The first kappa shape index (κ1) is 27.8. The lowest BCUT2D eigenvalue weighted by Crippen LogP contribution is -2.47. The Balaban J connectivity index is 1.46. The van der Waals surface area contributed by atoms with E-state index >= 15 is 0 Å². The van der Waals surface area contributed by atoms with Crippen LogP contribution in [0, 0.1) is 6.92 Å². The van der Waals surface area contributed by atoms with Gasteiger partial charge in [-0.15, -0.1) is 0 Å². The largest absolute Gasteiger partial charge is 0.481 e. The fourth-order valence-electron chi connectivity index (χ4n) is 5.61. The first-order valence-corrected chi connectivity index (χ1v) is 14.4. The fourth-order valence-corrected chi connectivity index (χ4v) is 5.61. The van der Waals surface area contributed by atoms with Gasteiger partial charge >= 0.3 is 5.97 Å². The van der Waals surface area contributed by atoms with E-state index in [0.717, 1.165) is 97.8 Å². The summed E-state index contributed by atoms with van der Waals surface area (Å²) < 4.78 is 2.01. The number of aliphatic hydroxyl groups is 1. The molecule has 0 amide bonds. The van der Waals surface area contributed by atoms with Crippen molar-refractivity contribution in [2.75, 3.05) is 44.2 Å². The molecule has 3 heterocycles. The number of unbranched alkanes of at least 4 members (excludes halogenated alkanes) is 3. The Bertz CT molecular complexity index is 1430. The number of rotatable bonds is 12. The van der Waals surface area contributed by atoms with Gasteiger partial charge in [0, 0.05) is 56.3 Å². The van der Waals surface area contributed by atoms with Crippen molar-refractivity contribution in [2.24, 2.45) is 0 Å². The molecule has 2 N–H and O–H groups in total. The van der Waals surface area contributed by atoms with Crippen molar-refractivity contribution in [3.05, 3.63) is 71.9 Å². The van der Waals surface area contributed by atoms with Crippen molar-refractivity contribution in [1.82, 2.24) is 19.5 Å². The van der Waals surface area contributed by atoms with E-state index in [0.29, 0.717) is 6.54 Å². The number of fused-ring (bicyclic) bond motifs is 1. The molecule has 1 aliphatic rings.